The van der Waals surface area contributed by atoms with Crippen LogP contribution in [0.3, 0.4) is 0 Å². The summed E-state index contributed by atoms with van der Waals surface area (Å²) < 4.78 is 0. The van der Waals surface area contributed by atoms with Crippen molar-refractivity contribution in [3.63, 3.8) is 0 Å². The predicted molar refractivity (Wildman–Crippen MR) is 125 cm³/mol. The molecule has 0 heterocycles. The number of nitrogens with zero attached hydrogens (tertiary/aromatic N) is 1. The quantitative estimate of drug-likeness (QED) is 0.0913. The largest absolute Gasteiger partial charge is 0.370 e. The third kappa shape index (κ3) is 9.65. The number of benzene rings is 1. The first-order valence-corrected chi connectivity index (χ1v) is 10.6. The van der Waals surface area contributed by atoms with Crippen LogP contribution in [0.2, 0.25) is 0 Å². The summed E-state index contributed by atoms with van der Waals surface area (Å²) in [5.41, 5.74) is 16.8. The van der Waals surface area contributed by atoms with Gasteiger partial charge in [0.05, 0.1) is 11.7 Å². The van der Waals surface area contributed by atoms with Crippen LogP contribution in [0.15, 0.2) is 35.3 Å². The summed E-state index contributed by atoms with van der Waals surface area (Å²) in [6.45, 7) is 5.65. The van der Waals surface area contributed by atoms with E-state index in [0.717, 1.165) is 0 Å². The number of carbonyl (C=O) groups is 3. The number of aliphatic imine (C=N–C) groups is 1. The summed E-state index contributed by atoms with van der Waals surface area (Å²) in [5.74, 6) is -1.40. The van der Waals surface area contributed by atoms with E-state index < -0.39 is 29.9 Å². The van der Waals surface area contributed by atoms with Gasteiger partial charge in [-0.1, -0.05) is 32.0 Å². The number of hydrazine groups is 1. The second kappa shape index (κ2) is 13.9. The zero-order valence-electron chi connectivity index (χ0n) is 19.1. The summed E-state index contributed by atoms with van der Waals surface area (Å²) in [6.07, 6.45) is 0.771. The fraction of sp³-hybridized carbons (Fsp3) is 0.524. The van der Waals surface area contributed by atoms with Crippen molar-refractivity contribution in [2.75, 3.05) is 19.0 Å². The van der Waals surface area contributed by atoms with Gasteiger partial charge in [-0.2, -0.15) is 0 Å². The van der Waals surface area contributed by atoms with Gasteiger partial charge in [-0.25, -0.2) is 0 Å². The number of anilines is 1. The van der Waals surface area contributed by atoms with Gasteiger partial charge in [0.1, 0.15) is 12.1 Å². The Hall–Kier alpha value is -3.34. The van der Waals surface area contributed by atoms with Crippen molar-refractivity contribution in [2.45, 2.75) is 51.7 Å². The highest BCUT2D eigenvalue weighted by molar-refractivity contribution is 5.93. The molecular weight excluding hydrogens is 412 g/mol. The Morgan fingerprint density at radius 3 is 2.19 bits per heavy atom. The fourth-order valence-corrected chi connectivity index (χ4v) is 2.72. The van der Waals surface area contributed by atoms with E-state index in [-0.39, 0.29) is 17.8 Å². The number of amides is 3. The zero-order valence-corrected chi connectivity index (χ0v) is 19.1. The Bertz CT molecular complexity index is 766. The van der Waals surface area contributed by atoms with Crippen molar-refractivity contribution in [3.8, 4) is 0 Å². The molecule has 0 aliphatic carbocycles. The lowest BCUT2D eigenvalue weighted by Crippen LogP contribution is -2.57. The summed E-state index contributed by atoms with van der Waals surface area (Å²) in [6, 6.07) is 6.98. The molecule has 0 saturated carbocycles. The van der Waals surface area contributed by atoms with E-state index in [4.69, 9.17) is 11.5 Å². The Morgan fingerprint density at radius 2 is 1.62 bits per heavy atom. The van der Waals surface area contributed by atoms with Gasteiger partial charge < -0.3 is 27.4 Å². The van der Waals surface area contributed by atoms with E-state index in [9.17, 15) is 14.4 Å². The molecule has 3 atom stereocenters. The lowest BCUT2D eigenvalue weighted by atomic mass is 10.0. The van der Waals surface area contributed by atoms with Gasteiger partial charge in [0.2, 0.25) is 11.8 Å². The zero-order chi connectivity index (χ0) is 24.1. The van der Waals surface area contributed by atoms with E-state index in [1.165, 1.54) is 0 Å². The Labute approximate surface area is 189 Å². The van der Waals surface area contributed by atoms with Crippen molar-refractivity contribution >= 4 is 29.4 Å². The van der Waals surface area contributed by atoms with Gasteiger partial charge in [0, 0.05) is 6.54 Å². The summed E-state index contributed by atoms with van der Waals surface area (Å²) in [4.78, 5) is 41.9. The van der Waals surface area contributed by atoms with Crippen LogP contribution in [0.5, 0.6) is 0 Å². The lowest BCUT2D eigenvalue weighted by molar-refractivity contribution is -0.133. The molecule has 0 spiro atoms. The second-order valence-electron chi connectivity index (χ2n) is 7.73. The molecule has 0 aliphatic heterocycles. The van der Waals surface area contributed by atoms with Crippen LogP contribution in [0.4, 0.5) is 5.69 Å². The minimum Gasteiger partial charge on any atom is -0.370 e. The number of hydrogen-bond donors (Lipinski definition) is 7. The van der Waals surface area contributed by atoms with Gasteiger partial charge in [0.15, 0.2) is 5.96 Å². The van der Waals surface area contributed by atoms with Crippen LogP contribution < -0.4 is 38.3 Å². The minimum atomic E-state index is -0.854. The Morgan fingerprint density at radius 1 is 0.969 bits per heavy atom. The molecule has 3 amide bonds. The van der Waals surface area contributed by atoms with E-state index in [1.54, 1.807) is 26.1 Å². The predicted octanol–water partition coefficient (Wildman–Crippen LogP) is -0.583. The maximum atomic E-state index is 12.9. The normalized spacial score (nSPS) is 13.4. The standard InChI is InChI=1S/C21H36N8O3/c1-13(2)17(27-18(30)14(3)24-4)20(32)26-16(11-8-12-25-21(22)23)19(31)29-28-15-9-6-5-7-10-15/h5-7,9-10,13-14,16-17,24,28H,8,11-12H2,1-4H3,(H,26,32)(H,27,30)(H,29,31)(H4,22,23,25)/t14-,16-,17-/m0/s1. The van der Waals surface area contributed by atoms with Gasteiger partial charge >= 0.3 is 0 Å². The van der Waals surface area contributed by atoms with Crippen molar-refractivity contribution in [2.24, 2.45) is 22.4 Å². The van der Waals surface area contributed by atoms with E-state index in [1.807, 2.05) is 32.0 Å². The van der Waals surface area contributed by atoms with Crippen molar-refractivity contribution in [3.05, 3.63) is 30.3 Å². The first kappa shape index (κ1) is 26.7. The molecule has 1 rings (SSSR count). The molecule has 0 bridgehead atoms. The highest BCUT2D eigenvalue weighted by Crippen LogP contribution is 2.07. The summed E-state index contributed by atoms with van der Waals surface area (Å²) in [7, 11) is 1.66. The molecule has 11 nitrogen and oxygen atoms in total. The monoisotopic (exact) mass is 448 g/mol. The molecule has 0 aliphatic rings. The maximum Gasteiger partial charge on any atom is 0.260 e. The molecule has 32 heavy (non-hydrogen) atoms. The third-order valence-corrected chi connectivity index (χ3v) is 4.76. The van der Waals surface area contributed by atoms with Crippen LogP contribution in [-0.4, -0.2) is 55.4 Å². The minimum absolute atomic E-state index is 0.0398. The van der Waals surface area contributed by atoms with Crippen molar-refractivity contribution < 1.29 is 14.4 Å². The van der Waals surface area contributed by atoms with Crippen molar-refractivity contribution in [1.82, 2.24) is 21.4 Å². The van der Waals surface area contributed by atoms with Crippen LogP contribution >= 0.6 is 0 Å². The smallest absolute Gasteiger partial charge is 0.260 e. The lowest BCUT2D eigenvalue weighted by Gasteiger charge is -2.26. The number of hydrogen-bond acceptors (Lipinski definition) is 6. The number of nitrogens with one attached hydrogen (secondary N) is 5. The fourth-order valence-electron chi connectivity index (χ4n) is 2.72. The maximum absolute atomic E-state index is 12.9. The number of carbonyl (C=O) groups excluding carboxylic acids is 3. The first-order chi connectivity index (χ1) is 15.1. The molecule has 1 aromatic carbocycles. The molecule has 11 heteroatoms. The number of rotatable bonds is 13. The SMILES string of the molecule is CN[C@@H](C)C(=O)N[C@H](C(=O)N[C@@H](CCCN=C(N)N)C(=O)NNc1ccccc1)C(C)C. The highest BCUT2D eigenvalue weighted by Gasteiger charge is 2.29. The number of para-hydroxylation sites is 1. The summed E-state index contributed by atoms with van der Waals surface area (Å²) in [5, 5.41) is 8.32. The van der Waals surface area contributed by atoms with Crippen LogP contribution in [0.1, 0.15) is 33.6 Å². The molecular formula is C21H36N8O3. The molecule has 0 unspecified atom stereocenters. The molecule has 0 radical (unpaired) electrons. The first-order valence-electron chi connectivity index (χ1n) is 10.6. The van der Waals surface area contributed by atoms with E-state index in [2.05, 4.69) is 31.8 Å². The van der Waals surface area contributed by atoms with Gasteiger partial charge in [0.25, 0.3) is 5.91 Å². The average Bonchev–Trinajstić information content (AvgIpc) is 2.77. The second-order valence-corrected chi connectivity index (χ2v) is 7.73. The number of nitrogens with two attached hydrogens (primary N) is 2. The molecule has 0 saturated heterocycles. The molecule has 9 N–H and O–H groups in total. The van der Waals surface area contributed by atoms with Gasteiger partial charge in [-0.05, 0) is 44.9 Å². The van der Waals surface area contributed by atoms with Gasteiger partial charge in [-0.15, -0.1) is 0 Å². The van der Waals surface area contributed by atoms with Gasteiger partial charge in [-0.3, -0.25) is 30.2 Å². The van der Waals surface area contributed by atoms with Crippen molar-refractivity contribution in [1.29, 1.82) is 0 Å². The van der Waals surface area contributed by atoms with E-state index in [0.29, 0.717) is 25.1 Å². The number of likely N-dealkylation sites (N-methyl/N-ethyl adjacent to an activating group) is 1. The van der Waals surface area contributed by atoms with E-state index >= 15 is 0 Å². The molecule has 0 aromatic heterocycles. The molecule has 0 fully saturated rings. The number of guanidine groups is 1. The summed E-state index contributed by atoms with van der Waals surface area (Å²) >= 11 is 0. The van der Waals surface area contributed by atoms with Crippen LogP contribution in [-0.2, 0) is 14.4 Å². The van der Waals surface area contributed by atoms with Crippen LogP contribution in [0.25, 0.3) is 0 Å². The Balaban J connectivity index is 2.85. The third-order valence-electron chi connectivity index (χ3n) is 4.76. The average molecular weight is 449 g/mol. The van der Waals surface area contributed by atoms with Crippen LogP contribution in [0, 0.1) is 5.92 Å². The Kier molecular flexibility index (Phi) is 11.6. The highest BCUT2D eigenvalue weighted by atomic mass is 16.2. The topological polar surface area (TPSA) is 176 Å². The molecule has 178 valence electrons. The molecule has 1 aromatic rings.